The summed E-state index contributed by atoms with van der Waals surface area (Å²) in [6.45, 7) is 2.88. The third kappa shape index (κ3) is 11.9. The Morgan fingerprint density at radius 2 is 1.37 bits per heavy atom. The molecule has 0 bridgehead atoms. The van der Waals surface area contributed by atoms with Gasteiger partial charge in [-0.2, -0.15) is 0 Å². The van der Waals surface area contributed by atoms with Gasteiger partial charge in [-0.3, -0.25) is 10.1 Å². The van der Waals surface area contributed by atoms with Crippen molar-refractivity contribution < 1.29 is 38.7 Å². The zero-order valence-corrected chi connectivity index (χ0v) is 19.9. The van der Waals surface area contributed by atoms with Crippen LogP contribution < -0.4 is 9.47 Å². The number of nitrogens with zero attached hydrogens (tertiary/aromatic N) is 2. The van der Waals surface area contributed by atoms with Gasteiger partial charge in [-0.05, 0) is 42.3 Å². The average molecular weight is 488 g/mol. The molecule has 0 aliphatic heterocycles. The Bertz CT molecular complexity index is 1030. The number of carbonyl (C=O) groups excluding carboxylic acids is 2. The normalized spacial score (nSPS) is 11.0. The lowest BCUT2D eigenvalue weighted by Crippen LogP contribution is -2.12. The van der Waals surface area contributed by atoms with Crippen LogP contribution in [0.4, 0.5) is 0 Å². The molecule has 11 nitrogen and oxygen atoms in total. The molecule has 2 aromatic rings. The highest BCUT2D eigenvalue weighted by Crippen LogP contribution is 2.15. The van der Waals surface area contributed by atoms with Gasteiger partial charge in [0, 0.05) is 19.4 Å². The number of oxime groups is 1. The first-order chi connectivity index (χ1) is 16.7. The van der Waals surface area contributed by atoms with Gasteiger partial charge in [0.25, 0.3) is 0 Å². The van der Waals surface area contributed by atoms with Crippen LogP contribution in [-0.2, 0) is 25.5 Å². The fraction of sp³-hybridized carbons (Fsp3) is 0.292. The summed E-state index contributed by atoms with van der Waals surface area (Å²) in [6.07, 6.45) is 2.03. The summed E-state index contributed by atoms with van der Waals surface area (Å²) in [5, 5.41) is 22.1. The first-order valence-electron chi connectivity index (χ1n) is 10.3. The second-order valence-electron chi connectivity index (χ2n) is 7.00. The molecule has 188 valence electrons. The summed E-state index contributed by atoms with van der Waals surface area (Å²) >= 11 is 0. The maximum Gasteiger partial charge on any atom is 0.343 e. The Kier molecular flexibility index (Phi) is 12.6. The molecule has 0 atom stereocenters. The summed E-state index contributed by atoms with van der Waals surface area (Å²) < 4.78 is 19.2. The van der Waals surface area contributed by atoms with Crippen molar-refractivity contribution in [2.75, 3.05) is 27.4 Å². The summed E-state index contributed by atoms with van der Waals surface area (Å²) in [7, 11) is 2.59. The largest absolute Gasteiger partial charge is 0.482 e. The van der Waals surface area contributed by atoms with Crippen molar-refractivity contribution in [2.45, 2.75) is 20.3 Å². The minimum Gasteiger partial charge on any atom is -0.482 e. The summed E-state index contributed by atoms with van der Waals surface area (Å²) in [6, 6.07) is 13.8. The summed E-state index contributed by atoms with van der Waals surface area (Å²) in [5.74, 6) is 0.203. The maximum absolute atomic E-state index is 10.8. The van der Waals surface area contributed by atoms with Crippen molar-refractivity contribution in [1.29, 1.82) is 0 Å². The van der Waals surface area contributed by atoms with Gasteiger partial charge in [-0.15, -0.1) is 0 Å². The van der Waals surface area contributed by atoms with Crippen molar-refractivity contribution in [2.24, 2.45) is 5.16 Å². The Hall–Kier alpha value is -4.41. The van der Waals surface area contributed by atoms with Crippen LogP contribution in [0.15, 0.2) is 59.4 Å². The predicted octanol–water partition coefficient (Wildman–Crippen LogP) is 3.51. The number of esters is 2. The zero-order chi connectivity index (χ0) is 26.2. The highest BCUT2D eigenvalue weighted by Gasteiger charge is 2.04. The molecule has 1 N–H and O–H groups in total. The van der Waals surface area contributed by atoms with Gasteiger partial charge in [0.05, 0.1) is 24.9 Å². The van der Waals surface area contributed by atoms with Crippen LogP contribution >= 0.6 is 0 Å². The minimum atomic E-state index is -0.469. The SMILES string of the molecule is COC(=O)COc1ccc(C=C(C)[N+](=O)[O-])cc1.COC(=O)COc1ccc(CC(C)=NO)cc1. The first-order valence-corrected chi connectivity index (χ1v) is 10.3. The van der Waals surface area contributed by atoms with Crippen LogP contribution in [0.3, 0.4) is 0 Å². The van der Waals surface area contributed by atoms with E-state index in [9.17, 15) is 19.7 Å². The van der Waals surface area contributed by atoms with Gasteiger partial charge in [-0.25, -0.2) is 9.59 Å². The summed E-state index contributed by atoms with van der Waals surface area (Å²) in [5.41, 5.74) is 2.38. The average Bonchev–Trinajstić information content (AvgIpc) is 2.87. The Balaban J connectivity index is 0.000000351. The third-order valence-corrected chi connectivity index (χ3v) is 4.27. The number of ether oxygens (including phenoxy) is 4. The van der Waals surface area contributed by atoms with Gasteiger partial charge in [0.2, 0.25) is 5.70 Å². The van der Waals surface area contributed by atoms with Crippen LogP contribution in [0.2, 0.25) is 0 Å². The molecule has 2 aromatic carbocycles. The lowest BCUT2D eigenvalue weighted by Gasteiger charge is -2.05. The van der Waals surface area contributed by atoms with E-state index in [0.717, 1.165) is 5.56 Å². The molecule has 2 rings (SSSR count). The molecule has 0 radical (unpaired) electrons. The van der Waals surface area contributed by atoms with E-state index in [4.69, 9.17) is 14.7 Å². The number of rotatable bonds is 10. The second-order valence-corrected chi connectivity index (χ2v) is 7.00. The first kappa shape index (κ1) is 28.6. The Morgan fingerprint density at radius 3 is 1.77 bits per heavy atom. The molecule has 0 aromatic heterocycles. The minimum absolute atomic E-state index is 0.0539. The number of carbonyl (C=O) groups is 2. The molecule has 0 aliphatic rings. The van der Waals surface area contributed by atoms with Crippen LogP contribution in [0, 0.1) is 10.1 Å². The van der Waals surface area contributed by atoms with E-state index >= 15 is 0 Å². The number of hydrogen-bond acceptors (Lipinski definition) is 10. The van der Waals surface area contributed by atoms with Gasteiger partial charge in [0.1, 0.15) is 11.5 Å². The third-order valence-electron chi connectivity index (χ3n) is 4.27. The number of allylic oxidation sites excluding steroid dienone is 1. The lowest BCUT2D eigenvalue weighted by molar-refractivity contribution is -0.422. The summed E-state index contributed by atoms with van der Waals surface area (Å²) in [4.78, 5) is 31.7. The van der Waals surface area contributed by atoms with Crippen molar-refractivity contribution in [1.82, 2.24) is 0 Å². The highest BCUT2D eigenvalue weighted by molar-refractivity contribution is 5.83. The van der Waals surface area contributed by atoms with Crippen LogP contribution in [0.25, 0.3) is 6.08 Å². The maximum atomic E-state index is 10.8. The van der Waals surface area contributed by atoms with Crippen molar-refractivity contribution >= 4 is 23.7 Å². The fourth-order valence-corrected chi connectivity index (χ4v) is 2.39. The van der Waals surface area contributed by atoms with E-state index in [-0.39, 0.29) is 18.9 Å². The zero-order valence-electron chi connectivity index (χ0n) is 19.9. The van der Waals surface area contributed by atoms with Crippen LogP contribution in [0.5, 0.6) is 11.5 Å². The van der Waals surface area contributed by atoms with Crippen molar-refractivity contribution in [3.05, 3.63) is 75.5 Å². The van der Waals surface area contributed by atoms with E-state index < -0.39 is 16.9 Å². The lowest BCUT2D eigenvalue weighted by atomic mass is 10.1. The fourth-order valence-electron chi connectivity index (χ4n) is 2.39. The highest BCUT2D eigenvalue weighted by atomic mass is 16.6. The smallest absolute Gasteiger partial charge is 0.343 e. The van der Waals surface area contributed by atoms with Crippen molar-refractivity contribution in [3.63, 3.8) is 0 Å². The van der Waals surface area contributed by atoms with Crippen molar-refractivity contribution in [3.8, 4) is 11.5 Å². The molecular formula is C24H28N2O9. The molecule has 0 saturated heterocycles. The van der Waals surface area contributed by atoms with Crippen LogP contribution in [0.1, 0.15) is 25.0 Å². The van der Waals surface area contributed by atoms with E-state index in [1.807, 2.05) is 12.1 Å². The van der Waals surface area contributed by atoms with Gasteiger partial charge in [-0.1, -0.05) is 29.4 Å². The predicted molar refractivity (Wildman–Crippen MR) is 127 cm³/mol. The topological polar surface area (TPSA) is 147 Å². The van der Waals surface area contributed by atoms with E-state index in [1.165, 1.54) is 27.2 Å². The quantitative estimate of drug-likeness (QED) is 0.174. The molecule has 0 spiro atoms. The molecule has 0 fully saturated rings. The van der Waals surface area contributed by atoms with Gasteiger partial charge in [0.15, 0.2) is 13.2 Å². The molecule has 0 aliphatic carbocycles. The van der Waals surface area contributed by atoms with E-state index in [2.05, 4.69) is 14.6 Å². The Labute approximate surface area is 202 Å². The molecule has 0 unspecified atom stereocenters. The number of benzene rings is 2. The monoisotopic (exact) mass is 488 g/mol. The molecule has 0 saturated carbocycles. The number of hydrogen-bond donors (Lipinski definition) is 1. The standard InChI is InChI=1S/C12H13NO5.C12H15NO4/c1-9(13(15)16)7-10-3-5-11(6-4-10)18-8-12(14)17-2;1-9(13-15)7-10-3-5-11(6-4-10)17-8-12(14)16-2/h3-7H,8H2,1-2H3;3-6,15H,7-8H2,1-2H3. The number of methoxy groups -OCH3 is 2. The Morgan fingerprint density at radius 1 is 0.914 bits per heavy atom. The van der Waals surface area contributed by atoms with Crippen LogP contribution in [-0.4, -0.2) is 55.2 Å². The van der Waals surface area contributed by atoms with Gasteiger partial charge < -0.3 is 24.2 Å². The molecular weight excluding hydrogens is 460 g/mol. The molecule has 11 heteroatoms. The molecule has 0 heterocycles. The van der Waals surface area contributed by atoms with Gasteiger partial charge >= 0.3 is 11.9 Å². The van der Waals surface area contributed by atoms with E-state index in [1.54, 1.807) is 43.3 Å². The number of nitro groups is 1. The van der Waals surface area contributed by atoms with E-state index in [0.29, 0.717) is 29.2 Å². The molecule has 35 heavy (non-hydrogen) atoms. The molecule has 0 amide bonds. The second kappa shape index (κ2) is 15.4.